The number of aromatic nitrogens is 1. The number of nitrogens with one attached hydrogen (secondary N) is 1. The quantitative estimate of drug-likeness (QED) is 0.917. The van der Waals surface area contributed by atoms with Gasteiger partial charge in [-0.3, -0.25) is 0 Å². The van der Waals surface area contributed by atoms with Crippen molar-refractivity contribution >= 4 is 21.6 Å². The molecule has 1 N–H and O–H groups in total. The molecule has 0 saturated carbocycles. The van der Waals surface area contributed by atoms with Gasteiger partial charge >= 0.3 is 0 Å². The summed E-state index contributed by atoms with van der Waals surface area (Å²) in [6.45, 7) is 0.756. The number of hydrogen-bond acceptors (Lipinski definition) is 3. The van der Waals surface area contributed by atoms with Crippen LogP contribution in [0.2, 0.25) is 5.02 Å². The SMILES string of the molecule is N#Cc1ccc(Cl)c(S(=O)(=O)NCCn2cccc2)c1. The van der Waals surface area contributed by atoms with E-state index in [-0.39, 0.29) is 22.0 Å². The molecule has 0 atom stereocenters. The largest absolute Gasteiger partial charge is 0.353 e. The highest BCUT2D eigenvalue weighted by atomic mass is 35.5. The van der Waals surface area contributed by atoms with E-state index in [9.17, 15) is 8.42 Å². The first-order valence-electron chi connectivity index (χ1n) is 5.83. The van der Waals surface area contributed by atoms with Crippen LogP contribution in [-0.4, -0.2) is 19.5 Å². The van der Waals surface area contributed by atoms with Crippen LogP contribution in [0.3, 0.4) is 0 Å². The molecule has 0 unspecified atom stereocenters. The Bertz CT molecular complexity index is 733. The number of sulfonamides is 1. The summed E-state index contributed by atoms with van der Waals surface area (Å²) in [6.07, 6.45) is 3.69. The summed E-state index contributed by atoms with van der Waals surface area (Å²) >= 11 is 5.88. The Labute approximate surface area is 122 Å². The van der Waals surface area contributed by atoms with Crippen LogP contribution in [-0.2, 0) is 16.6 Å². The molecule has 0 amide bonds. The van der Waals surface area contributed by atoms with Crippen molar-refractivity contribution in [3.05, 3.63) is 53.3 Å². The van der Waals surface area contributed by atoms with Crippen molar-refractivity contribution in [1.29, 1.82) is 5.26 Å². The minimum atomic E-state index is -3.72. The van der Waals surface area contributed by atoms with Crippen LogP contribution in [0.5, 0.6) is 0 Å². The molecule has 2 rings (SSSR count). The molecular weight excluding hydrogens is 298 g/mol. The average molecular weight is 310 g/mol. The van der Waals surface area contributed by atoms with Gasteiger partial charge in [-0.25, -0.2) is 13.1 Å². The minimum absolute atomic E-state index is 0.0780. The fraction of sp³-hybridized carbons (Fsp3) is 0.154. The lowest BCUT2D eigenvalue weighted by Gasteiger charge is -2.09. The predicted molar refractivity (Wildman–Crippen MR) is 75.8 cm³/mol. The second-order valence-electron chi connectivity index (χ2n) is 4.08. The van der Waals surface area contributed by atoms with Gasteiger partial charge in [-0.2, -0.15) is 5.26 Å². The molecule has 20 heavy (non-hydrogen) atoms. The highest BCUT2D eigenvalue weighted by molar-refractivity contribution is 7.89. The van der Waals surface area contributed by atoms with E-state index >= 15 is 0 Å². The Morgan fingerprint density at radius 2 is 2.00 bits per heavy atom. The smallest absolute Gasteiger partial charge is 0.242 e. The van der Waals surface area contributed by atoms with Crippen molar-refractivity contribution in [1.82, 2.24) is 9.29 Å². The lowest BCUT2D eigenvalue weighted by molar-refractivity contribution is 0.573. The van der Waals surface area contributed by atoms with Gasteiger partial charge in [0.15, 0.2) is 0 Å². The van der Waals surface area contributed by atoms with Gasteiger partial charge in [-0.1, -0.05) is 11.6 Å². The Morgan fingerprint density at radius 1 is 1.30 bits per heavy atom. The molecule has 2 aromatic rings. The number of nitriles is 1. The third-order valence-corrected chi connectivity index (χ3v) is 4.62. The van der Waals surface area contributed by atoms with Gasteiger partial charge in [0.25, 0.3) is 0 Å². The van der Waals surface area contributed by atoms with Crippen LogP contribution in [0.1, 0.15) is 5.56 Å². The summed E-state index contributed by atoms with van der Waals surface area (Å²) in [5.41, 5.74) is 0.250. The second-order valence-corrected chi connectivity index (χ2v) is 6.22. The van der Waals surface area contributed by atoms with E-state index in [0.29, 0.717) is 6.54 Å². The molecule has 0 spiro atoms. The molecule has 0 aliphatic heterocycles. The molecule has 1 aromatic heterocycles. The summed E-state index contributed by atoms with van der Waals surface area (Å²) in [5.74, 6) is 0. The van der Waals surface area contributed by atoms with Crippen LogP contribution in [0.15, 0.2) is 47.6 Å². The third kappa shape index (κ3) is 3.39. The lowest BCUT2D eigenvalue weighted by atomic mass is 10.2. The Hall–Kier alpha value is -1.81. The van der Waals surface area contributed by atoms with Crippen LogP contribution < -0.4 is 4.72 Å². The monoisotopic (exact) mass is 309 g/mol. The molecule has 0 aliphatic rings. The van der Waals surface area contributed by atoms with Crippen LogP contribution in [0, 0.1) is 11.3 Å². The van der Waals surface area contributed by atoms with E-state index in [4.69, 9.17) is 16.9 Å². The molecule has 1 aromatic carbocycles. The van der Waals surface area contributed by atoms with Gasteiger partial charge < -0.3 is 4.57 Å². The van der Waals surface area contributed by atoms with Crippen molar-refractivity contribution < 1.29 is 8.42 Å². The average Bonchev–Trinajstić information content (AvgIpc) is 2.92. The zero-order valence-electron chi connectivity index (χ0n) is 10.5. The highest BCUT2D eigenvalue weighted by Crippen LogP contribution is 2.22. The first-order valence-corrected chi connectivity index (χ1v) is 7.69. The van der Waals surface area contributed by atoms with Gasteiger partial charge in [0.05, 0.1) is 16.7 Å². The topological polar surface area (TPSA) is 74.9 Å². The third-order valence-electron chi connectivity index (χ3n) is 2.68. The summed E-state index contributed by atoms with van der Waals surface area (Å²) < 4.78 is 28.6. The Balaban J connectivity index is 2.12. The number of hydrogen-bond donors (Lipinski definition) is 1. The molecule has 0 fully saturated rings. The minimum Gasteiger partial charge on any atom is -0.353 e. The number of nitrogens with zero attached hydrogens (tertiary/aromatic N) is 2. The van der Waals surface area contributed by atoms with Crippen molar-refractivity contribution in [3.63, 3.8) is 0 Å². The van der Waals surface area contributed by atoms with Crippen molar-refractivity contribution in [2.24, 2.45) is 0 Å². The number of halogens is 1. The van der Waals surface area contributed by atoms with Gasteiger partial charge in [0, 0.05) is 25.5 Å². The van der Waals surface area contributed by atoms with Crippen LogP contribution >= 0.6 is 11.6 Å². The molecule has 0 radical (unpaired) electrons. The standard InChI is InChI=1S/C13H12ClN3O2S/c14-12-4-3-11(10-15)9-13(12)20(18,19)16-5-8-17-6-1-2-7-17/h1-4,6-7,9,16H,5,8H2. The maximum absolute atomic E-state index is 12.1. The molecule has 0 saturated heterocycles. The molecule has 5 nitrogen and oxygen atoms in total. The molecule has 0 aliphatic carbocycles. The fourth-order valence-corrected chi connectivity index (χ4v) is 3.23. The van der Waals surface area contributed by atoms with E-state index in [1.807, 2.05) is 35.2 Å². The molecule has 1 heterocycles. The Morgan fingerprint density at radius 3 is 2.65 bits per heavy atom. The van der Waals surface area contributed by atoms with Gasteiger partial charge in [0.1, 0.15) is 4.90 Å². The van der Waals surface area contributed by atoms with Gasteiger partial charge in [-0.05, 0) is 30.3 Å². The molecule has 0 bridgehead atoms. The van der Waals surface area contributed by atoms with E-state index in [1.165, 1.54) is 18.2 Å². The summed E-state index contributed by atoms with van der Waals surface area (Å²) in [6, 6.07) is 9.76. The van der Waals surface area contributed by atoms with E-state index in [0.717, 1.165) is 0 Å². The normalized spacial score (nSPS) is 11.2. The predicted octanol–water partition coefficient (Wildman–Crippen LogP) is 1.99. The van der Waals surface area contributed by atoms with Crippen molar-refractivity contribution in [2.45, 2.75) is 11.4 Å². The summed E-state index contributed by atoms with van der Waals surface area (Å²) in [7, 11) is -3.72. The van der Waals surface area contributed by atoms with Crippen molar-refractivity contribution in [2.75, 3.05) is 6.54 Å². The summed E-state index contributed by atoms with van der Waals surface area (Å²) in [4.78, 5) is -0.0780. The molecule has 7 heteroatoms. The first kappa shape index (κ1) is 14.6. The summed E-state index contributed by atoms with van der Waals surface area (Å²) in [5, 5.41) is 8.90. The zero-order chi connectivity index (χ0) is 14.6. The number of rotatable bonds is 5. The maximum atomic E-state index is 12.1. The van der Waals surface area contributed by atoms with E-state index < -0.39 is 10.0 Å². The first-order chi connectivity index (χ1) is 9.53. The zero-order valence-corrected chi connectivity index (χ0v) is 12.0. The van der Waals surface area contributed by atoms with E-state index in [2.05, 4.69) is 4.72 Å². The highest BCUT2D eigenvalue weighted by Gasteiger charge is 2.18. The van der Waals surface area contributed by atoms with Crippen molar-refractivity contribution in [3.8, 4) is 6.07 Å². The maximum Gasteiger partial charge on any atom is 0.242 e. The van der Waals surface area contributed by atoms with Crippen LogP contribution in [0.25, 0.3) is 0 Å². The van der Waals surface area contributed by atoms with Gasteiger partial charge in [-0.15, -0.1) is 0 Å². The fourth-order valence-electron chi connectivity index (χ4n) is 1.68. The van der Waals surface area contributed by atoms with Gasteiger partial charge in [0.2, 0.25) is 10.0 Å². The molecular formula is C13H12ClN3O2S. The Kier molecular flexibility index (Phi) is 4.45. The van der Waals surface area contributed by atoms with E-state index in [1.54, 1.807) is 0 Å². The second kappa shape index (κ2) is 6.09. The van der Waals surface area contributed by atoms with Crippen LogP contribution in [0.4, 0.5) is 0 Å². The number of benzene rings is 1. The molecule has 104 valence electrons. The lowest BCUT2D eigenvalue weighted by Crippen LogP contribution is -2.27.